The van der Waals surface area contributed by atoms with Gasteiger partial charge in [0, 0.05) is 12.6 Å². The van der Waals surface area contributed by atoms with E-state index in [2.05, 4.69) is 24.4 Å². The Bertz CT molecular complexity index is 525. The first kappa shape index (κ1) is 15.5. The van der Waals surface area contributed by atoms with E-state index >= 15 is 0 Å². The maximum Gasteiger partial charge on any atom is 0.118 e. The van der Waals surface area contributed by atoms with Crippen LogP contribution in [-0.4, -0.2) is 24.8 Å². The molecule has 0 aliphatic carbocycles. The molecule has 0 unspecified atom stereocenters. The summed E-state index contributed by atoms with van der Waals surface area (Å²) in [7, 11) is 1.64. The maximum absolute atomic E-state index is 10.2. The quantitative estimate of drug-likeness (QED) is 0.822. The van der Waals surface area contributed by atoms with Gasteiger partial charge in [0.25, 0.3) is 0 Å². The number of hydrogen-bond donors (Lipinski definition) is 2. The maximum atomic E-state index is 10.2. The standard InChI is InChI=1S/C18H23NO2/c1-14(12-15-6-4-3-5-7-15)19-13-18(20)16-8-10-17(21-2)11-9-16/h3-11,14,18-20H,12-13H2,1-2H3/t14-,18+/m0/s1. The predicted octanol–water partition coefficient (Wildman–Crippen LogP) is 2.95. The molecular weight excluding hydrogens is 262 g/mol. The van der Waals surface area contributed by atoms with Crippen LogP contribution in [0.25, 0.3) is 0 Å². The molecule has 2 atom stereocenters. The molecule has 0 aliphatic rings. The van der Waals surface area contributed by atoms with Crippen LogP contribution in [0.5, 0.6) is 5.75 Å². The molecule has 2 aromatic carbocycles. The van der Waals surface area contributed by atoms with E-state index in [4.69, 9.17) is 4.74 Å². The van der Waals surface area contributed by atoms with Crippen molar-refractivity contribution in [1.29, 1.82) is 0 Å². The van der Waals surface area contributed by atoms with Crippen molar-refractivity contribution in [1.82, 2.24) is 5.32 Å². The van der Waals surface area contributed by atoms with E-state index in [1.807, 2.05) is 42.5 Å². The zero-order valence-electron chi connectivity index (χ0n) is 12.6. The van der Waals surface area contributed by atoms with Gasteiger partial charge in [-0.15, -0.1) is 0 Å². The van der Waals surface area contributed by atoms with Crippen molar-refractivity contribution in [3.05, 3.63) is 65.7 Å². The van der Waals surface area contributed by atoms with Crippen LogP contribution in [0.1, 0.15) is 24.2 Å². The Labute approximate surface area is 126 Å². The van der Waals surface area contributed by atoms with Crippen LogP contribution >= 0.6 is 0 Å². The SMILES string of the molecule is COc1ccc([C@H](O)CN[C@@H](C)Cc2ccccc2)cc1. The third kappa shape index (κ3) is 4.88. The van der Waals surface area contributed by atoms with Crippen molar-refractivity contribution in [2.75, 3.05) is 13.7 Å². The van der Waals surface area contributed by atoms with E-state index in [1.165, 1.54) is 5.56 Å². The largest absolute Gasteiger partial charge is 0.497 e. The summed E-state index contributed by atoms with van der Waals surface area (Å²) in [6.45, 7) is 2.67. The number of rotatable bonds is 7. The van der Waals surface area contributed by atoms with Gasteiger partial charge in [-0.25, -0.2) is 0 Å². The number of aliphatic hydroxyl groups excluding tert-OH is 1. The van der Waals surface area contributed by atoms with Gasteiger partial charge in [-0.2, -0.15) is 0 Å². The third-order valence-electron chi connectivity index (χ3n) is 3.54. The van der Waals surface area contributed by atoms with Gasteiger partial charge in [0.05, 0.1) is 13.2 Å². The molecule has 0 radical (unpaired) electrons. The molecule has 0 saturated carbocycles. The Hall–Kier alpha value is -1.84. The Morgan fingerprint density at radius 3 is 2.33 bits per heavy atom. The van der Waals surface area contributed by atoms with Gasteiger partial charge in [-0.3, -0.25) is 0 Å². The molecule has 2 rings (SSSR count). The summed E-state index contributed by atoms with van der Waals surface area (Å²) in [6, 6.07) is 18.2. The molecule has 21 heavy (non-hydrogen) atoms. The average Bonchev–Trinajstić information content (AvgIpc) is 2.53. The van der Waals surface area contributed by atoms with Crippen LogP contribution in [-0.2, 0) is 6.42 Å². The second-order valence-electron chi connectivity index (χ2n) is 5.29. The Balaban J connectivity index is 1.81. The summed E-state index contributed by atoms with van der Waals surface area (Å²) in [4.78, 5) is 0. The van der Waals surface area contributed by atoms with Gasteiger partial charge >= 0.3 is 0 Å². The fourth-order valence-corrected chi connectivity index (χ4v) is 2.30. The van der Waals surface area contributed by atoms with E-state index in [-0.39, 0.29) is 0 Å². The number of methoxy groups -OCH3 is 1. The van der Waals surface area contributed by atoms with Crippen molar-refractivity contribution in [2.45, 2.75) is 25.5 Å². The number of aliphatic hydroxyl groups is 1. The Kier molecular flexibility index (Phi) is 5.78. The number of ether oxygens (including phenoxy) is 1. The zero-order chi connectivity index (χ0) is 15.1. The van der Waals surface area contributed by atoms with E-state index in [0.29, 0.717) is 12.6 Å². The zero-order valence-corrected chi connectivity index (χ0v) is 12.6. The molecule has 0 amide bonds. The lowest BCUT2D eigenvalue weighted by Gasteiger charge is -2.17. The van der Waals surface area contributed by atoms with Crippen LogP contribution in [0.15, 0.2) is 54.6 Å². The smallest absolute Gasteiger partial charge is 0.118 e. The molecule has 0 spiro atoms. The first-order chi connectivity index (χ1) is 10.2. The first-order valence-electron chi connectivity index (χ1n) is 7.28. The monoisotopic (exact) mass is 285 g/mol. The summed E-state index contributed by atoms with van der Waals surface area (Å²) in [5.41, 5.74) is 2.20. The third-order valence-corrected chi connectivity index (χ3v) is 3.54. The molecule has 0 aliphatic heterocycles. The van der Waals surface area contributed by atoms with Crippen molar-refractivity contribution in [3.63, 3.8) is 0 Å². The number of hydrogen-bond acceptors (Lipinski definition) is 3. The van der Waals surface area contributed by atoms with E-state index in [1.54, 1.807) is 7.11 Å². The minimum Gasteiger partial charge on any atom is -0.497 e. The molecule has 0 heterocycles. The fraction of sp³-hybridized carbons (Fsp3) is 0.333. The normalized spacial score (nSPS) is 13.7. The summed E-state index contributed by atoms with van der Waals surface area (Å²) >= 11 is 0. The van der Waals surface area contributed by atoms with Gasteiger partial charge in [-0.1, -0.05) is 42.5 Å². The molecule has 2 N–H and O–H groups in total. The van der Waals surface area contributed by atoms with Gasteiger partial charge in [0.1, 0.15) is 5.75 Å². The van der Waals surface area contributed by atoms with Gasteiger partial charge in [0.15, 0.2) is 0 Å². The minimum absolute atomic E-state index is 0.320. The highest BCUT2D eigenvalue weighted by Gasteiger charge is 2.10. The molecule has 0 fully saturated rings. The highest BCUT2D eigenvalue weighted by molar-refractivity contribution is 5.28. The summed E-state index contributed by atoms with van der Waals surface area (Å²) < 4.78 is 5.12. The first-order valence-corrected chi connectivity index (χ1v) is 7.28. The molecule has 3 nitrogen and oxygen atoms in total. The van der Waals surface area contributed by atoms with Crippen molar-refractivity contribution < 1.29 is 9.84 Å². The predicted molar refractivity (Wildman–Crippen MR) is 85.6 cm³/mol. The van der Waals surface area contributed by atoms with E-state index < -0.39 is 6.10 Å². The van der Waals surface area contributed by atoms with Crippen molar-refractivity contribution >= 4 is 0 Å². The van der Waals surface area contributed by atoms with Crippen LogP contribution in [0, 0.1) is 0 Å². The number of benzene rings is 2. The molecular formula is C18H23NO2. The molecule has 3 heteroatoms. The molecule has 0 saturated heterocycles. The topological polar surface area (TPSA) is 41.5 Å². The number of nitrogens with one attached hydrogen (secondary N) is 1. The van der Waals surface area contributed by atoms with Crippen LogP contribution in [0.4, 0.5) is 0 Å². The molecule has 112 valence electrons. The molecule has 0 aromatic heterocycles. The lowest BCUT2D eigenvalue weighted by atomic mass is 10.1. The summed E-state index contributed by atoms with van der Waals surface area (Å²) in [5, 5.41) is 13.6. The lowest BCUT2D eigenvalue weighted by Crippen LogP contribution is -2.32. The lowest BCUT2D eigenvalue weighted by molar-refractivity contribution is 0.170. The summed E-state index contributed by atoms with van der Waals surface area (Å²) in [5.74, 6) is 0.802. The van der Waals surface area contributed by atoms with Crippen molar-refractivity contribution in [2.24, 2.45) is 0 Å². The van der Waals surface area contributed by atoms with E-state index in [9.17, 15) is 5.11 Å². The summed E-state index contributed by atoms with van der Waals surface area (Å²) in [6.07, 6.45) is 0.449. The van der Waals surface area contributed by atoms with Gasteiger partial charge in [-0.05, 0) is 36.6 Å². The van der Waals surface area contributed by atoms with Crippen LogP contribution in [0.2, 0.25) is 0 Å². The van der Waals surface area contributed by atoms with Gasteiger partial charge < -0.3 is 15.2 Å². The van der Waals surface area contributed by atoms with Crippen molar-refractivity contribution in [3.8, 4) is 5.75 Å². The average molecular weight is 285 g/mol. The minimum atomic E-state index is -0.505. The Morgan fingerprint density at radius 1 is 1.05 bits per heavy atom. The Morgan fingerprint density at radius 2 is 1.71 bits per heavy atom. The van der Waals surface area contributed by atoms with Crippen LogP contribution in [0.3, 0.4) is 0 Å². The van der Waals surface area contributed by atoms with E-state index in [0.717, 1.165) is 17.7 Å². The fourth-order valence-electron chi connectivity index (χ4n) is 2.30. The second-order valence-corrected chi connectivity index (χ2v) is 5.29. The van der Waals surface area contributed by atoms with Crippen LogP contribution < -0.4 is 10.1 Å². The second kappa shape index (κ2) is 7.81. The van der Waals surface area contributed by atoms with Gasteiger partial charge in [0.2, 0.25) is 0 Å². The highest BCUT2D eigenvalue weighted by Crippen LogP contribution is 2.17. The highest BCUT2D eigenvalue weighted by atomic mass is 16.5. The molecule has 2 aromatic rings. The molecule has 0 bridgehead atoms.